The summed E-state index contributed by atoms with van der Waals surface area (Å²) < 4.78 is 12.9. The van der Waals surface area contributed by atoms with Crippen molar-refractivity contribution in [3.63, 3.8) is 0 Å². The van der Waals surface area contributed by atoms with Gasteiger partial charge in [-0.1, -0.05) is 12.8 Å². The molecule has 0 spiro atoms. The normalized spacial score (nSPS) is 17.1. The van der Waals surface area contributed by atoms with Crippen molar-refractivity contribution >= 4 is 11.3 Å². The molecule has 0 aliphatic carbocycles. The third-order valence-electron chi connectivity index (χ3n) is 3.73. The van der Waals surface area contributed by atoms with Crippen LogP contribution in [0.25, 0.3) is 10.6 Å². The Balaban J connectivity index is 1.68. The fraction of sp³-hybridized carbons (Fsp3) is 0.438. The van der Waals surface area contributed by atoms with Crippen molar-refractivity contribution in [1.82, 2.24) is 9.88 Å². The van der Waals surface area contributed by atoms with Crippen molar-refractivity contribution in [2.24, 2.45) is 0 Å². The maximum atomic E-state index is 12.9. The minimum atomic E-state index is -0.199. The van der Waals surface area contributed by atoms with Crippen LogP contribution in [0.15, 0.2) is 29.6 Å². The molecule has 0 saturated carbocycles. The molecule has 2 aromatic rings. The largest absolute Gasteiger partial charge is 0.297 e. The zero-order valence-corrected chi connectivity index (χ0v) is 12.3. The van der Waals surface area contributed by atoms with Gasteiger partial charge in [-0.15, -0.1) is 11.3 Å². The summed E-state index contributed by atoms with van der Waals surface area (Å²) in [4.78, 5) is 7.19. The van der Waals surface area contributed by atoms with Gasteiger partial charge in [0.2, 0.25) is 0 Å². The first-order valence-corrected chi connectivity index (χ1v) is 8.12. The molecule has 0 bridgehead atoms. The van der Waals surface area contributed by atoms with Crippen LogP contribution in [0.5, 0.6) is 0 Å². The van der Waals surface area contributed by atoms with Crippen molar-refractivity contribution in [2.75, 3.05) is 13.1 Å². The molecule has 0 amide bonds. The molecule has 2 nitrogen and oxygen atoms in total. The Morgan fingerprint density at radius 1 is 1.05 bits per heavy atom. The van der Waals surface area contributed by atoms with Gasteiger partial charge in [-0.3, -0.25) is 4.90 Å². The average Bonchev–Trinajstić information content (AvgIpc) is 2.76. The molecule has 1 fully saturated rings. The molecule has 1 aliphatic heterocycles. The molecule has 0 N–H and O–H groups in total. The van der Waals surface area contributed by atoms with Gasteiger partial charge in [-0.25, -0.2) is 9.37 Å². The van der Waals surface area contributed by atoms with E-state index in [1.54, 1.807) is 23.5 Å². The summed E-state index contributed by atoms with van der Waals surface area (Å²) >= 11 is 1.64. The summed E-state index contributed by atoms with van der Waals surface area (Å²) in [6.45, 7) is 3.31. The second-order valence-corrected chi connectivity index (χ2v) is 6.20. The number of thiazole rings is 1. The highest BCUT2D eigenvalue weighted by atomic mass is 32.1. The summed E-state index contributed by atoms with van der Waals surface area (Å²) in [6, 6.07) is 6.57. The Hall–Kier alpha value is -1.26. The van der Waals surface area contributed by atoms with Crippen LogP contribution in [0.2, 0.25) is 0 Å². The lowest BCUT2D eigenvalue weighted by atomic mass is 10.2. The van der Waals surface area contributed by atoms with Crippen LogP contribution < -0.4 is 0 Å². The summed E-state index contributed by atoms with van der Waals surface area (Å²) in [5.41, 5.74) is 2.13. The van der Waals surface area contributed by atoms with E-state index in [-0.39, 0.29) is 5.82 Å². The minimum absolute atomic E-state index is 0.199. The van der Waals surface area contributed by atoms with Gasteiger partial charge < -0.3 is 0 Å². The monoisotopic (exact) mass is 290 g/mol. The molecular formula is C16H19FN2S. The SMILES string of the molecule is Fc1ccc(-c2nc(CN3CCCCCC3)cs2)cc1. The molecule has 1 aromatic carbocycles. The highest BCUT2D eigenvalue weighted by Crippen LogP contribution is 2.24. The van der Waals surface area contributed by atoms with E-state index in [4.69, 9.17) is 0 Å². The Kier molecular flexibility index (Phi) is 4.43. The third kappa shape index (κ3) is 3.44. The van der Waals surface area contributed by atoms with Crippen LogP contribution in [0.3, 0.4) is 0 Å². The molecule has 2 heterocycles. The molecule has 1 aliphatic rings. The number of hydrogen-bond acceptors (Lipinski definition) is 3. The van der Waals surface area contributed by atoms with Gasteiger partial charge >= 0.3 is 0 Å². The number of likely N-dealkylation sites (tertiary alicyclic amines) is 1. The zero-order valence-electron chi connectivity index (χ0n) is 11.5. The zero-order chi connectivity index (χ0) is 13.8. The molecule has 20 heavy (non-hydrogen) atoms. The number of nitrogens with zero attached hydrogens (tertiary/aromatic N) is 2. The highest BCUT2D eigenvalue weighted by molar-refractivity contribution is 7.13. The van der Waals surface area contributed by atoms with E-state index in [9.17, 15) is 4.39 Å². The second-order valence-electron chi connectivity index (χ2n) is 5.34. The van der Waals surface area contributed by atoms with Gasteiger partial charge in [0.15, 0.2) is 0 Å². The lowest BCUT2D eigenvalue weighted by Crippen LogP contribution is -2.24. The first kappa shape index (κ1) is 13.7. The van der Waals surface area contributed by atoms with Gasteiger partial charge in [0, 0.05) is 17.5 Å². The van der Waals surface area contributed by atoms with Crippen molar-refractivity contribution in [3.8, 4) is 10.6 Å². The van der Waals surface area contributed by atoms with E-state index < -0.39 is 0 Å². The lowest BCUT2D eigenvalue weighted by molar-refractivity contribution is 0.274. The maximum absolute atomic E-state index is 12.9. The van der Waals surface area contributed by atoms with Crippen LogP contribution in [-0.4, -0.2) is 23.0 Å². The number of rotatable bonds is 3. The van der Waals surface area contributed by atoms with E-state index >= 15 is 0 Å². The Morgan fingerprint density at radius 3 is 2.45 bits per heavy atom. The highest BCUT2D eigenvalue weighted by Gasteiger charge is 2.12. The predicted molar refractivity (Wildman–Crippen MR) is 81.3 cm³/mol. The molecule has 1 saturated heterocycles. The predicted octanol–water partition coefficient (Wildman–Crippen LogP) is 4.33. The molecule has 0 radical (unpaired) electrons. The fourth-order valence-corrected chi connectivity index (χ4v) is 3.45. The Bertz CT molecular complexity index is 542. The minimum Gasteiger partial charge on any atom is -0.297 e. The molecule has 0 unspecified atom stereocenters. The van der Waals surface area contributed by atoms with Crippen LogP contribution in [0.4, 0.5) is 4.39 Å². The van der Waals surface area contributed by atoms with E-state index in [2.05, 4.69) is 15.3 Å². The van der Waals surface area contributed by atoms with Gasteiger partial charge in [0.05, 0.1) is 5.69 Å². The molecule has 106 valence electrons. The van der Waals surface area contributed by atoms with Crippen molar-refractivity contribution in [3.05, 3.63) is 41.2 Å². The van der Waals surface area contributed by atoms with Gasteiger partial charge in [0.1, 0.15) is 10.8 Å². The Morgan fingerprint density at radius 2 is 1.75 bits per heavy atom. The van der Waals surface area contributed by atoms with E-state index in [0.717, 1.165) is 22.8 Å². The van der Waals surface area contributed by atoms with Crippen molar-refractivity contribution in [1.29, 1.82) is 0 Å². The Labute approximate surface area is 123 Å². The molecule has 1 aromatic heterocycles. The molecular weight excluding hydrogens is 271 g/mol. The average molecular weight is 290 g/mol. The van der Waals surface area contributed by atoms with Crippen molar-refractivity contribution < 1.29 is 4.39 Å². The van der Waals surface area contributed by atoms with E-state index in [0.29, 0.717) is 0 Å². The number of benzene rings is 1. The van der Waals surface area contributed by atoms with E-state index in [1.165, 1.54) is 50.9 Å². The summed E-state index contributed by atoms with van der Waals surface area (Å²) in [6.07, 6.45) is 5.31. The van der Waals surface area contributed by atoms with Crippen LogP contribution in [0, 0.1) is 5.82 Å². The van der Waals surface area contributed by atoms with Crippen LogP contribution in [0.1, 0.15) is 31.4 Å². The van der Waals surface area contributed by atoms with Gasteiger partial charge in [-0.05, 0) is 50.2 Å². The van der Waals surface area contributed by atoms with Crippen LogP contribution >= 0.6 is 11.3 Å². The van der Waals surface area contributed by atoms with Gasteiger partial charge in [0.25, 0.3) is 0 Å². The number of hydrogen-bond donors (Lipinski definition) is 0. The number of aromatic nitrogens is 1. The molecule has 4 heteroatoms. The molecule has 3 rings (SSSR count). The van der Waals surface area contributed by atoms with Crippen LogP contribution in [-0.2, 0) is 6.54 Å². The summed E-state index contributed by atoms with van der Waals surface area (Å²) in [5.74, 6) is -0.199. The standard InChI is InChI=1S/C16H19FN2S/c17-14-7-5-13(6-8-14)16-18-15(12-20-16)11-19-9-3-1-2-4-10-19/h5-8,12H,1-4,9-11H2. The van der Waals surface area contributed by atoms with E-state index in [1.807, 2.05) is 0 Å². The van der Waals surface area contributed by atoms with Crippen molar-refractivity contribution in [2.45, 2.75) is 32.2 Å². The smallest absolute Gasteiger partial charge is 0.123 e. The van der Waals surface area contributed by atoms with Gasteiger partial charge in [-0.2, -0.15) is 0 Å². The lowest BCUT2D eigenvalue weighted by Gasteiger charge is -2.17. The quantitative estimate of drug-likeness (QED) is 0.836. The summed E-state index contributed by atoms with van der Waals surface area (Å²) in [7, 11) is 0. The number of halogens is 1. The third-order valence-corrected chi connectivity index (χ3v) is 4.67. The molecule has 0 atom stereocenters. The maximum Gasteiger partial charge on any atom is 0.123 e. The first-order chi connectivity index (χ1) is 9.81. The summed E-state index contributed by atoms with van der Waals surface area (Å²) in [5, 5.41) is 3.11. The first-order valence-electron chi connectivity index (χ1n) is 7.24. The fourth-order valence-electron chi connectivity index (χ4n) is 2.63. The second kappa shape index (κ2) is 6.46. The topological polar surface area (TPSA) is 16.1 Å².